The summed E-state index contributed by atoms with van der Waals surface area (Å²) in [6.45, 7) is 2.11. The van der Waals surface area contributed by atoms with Crippen LogP contribution in [0.4, 0.5) is 0 Å². The Morgan fingerprint density at radius 1 is 1.62 bits per heavy atom. The van der Waals surface area contributed by atoms with Crippen molar-refractivity contribution in [1.29, 1.82) is 0 Å². The predicted octanol–water partition coefficient (Wildman–Crippen LogP) is 2.08. The molecule has 2 nitrogen and oxygen atoms in total. The highest BCUT2D eigenvalue weighted by atomic mass is 32.2. The van der Waals surface area contributed by atoms with E-state index < -0.39 is 0 Å². The van der Waals surface area contributed by atoms with Crippen molar-refractivity contribution in [1.82, 2.24) is 4.98 Å². The van der Waals surface area contributed by atoms with Crippen molar-refractivity contribution in [2.75, 3.05) is 6.26 Å². The smallest absolute Gasteiger partial charge is 0.0989 e. The zero-order chi connectivity index (χ0) is 9.68. The number of rotatable bonds is 4. The van der Waals surface area contributed by atoms with Crippen LogP contribution in [-0.4, -0.2) is 17.3 Å². The lowest BCUT2D eigenvalue weighted by atomic mass is 10.1. The minimum Gasteiger partial charge on any atom is -0.327 e. The number of nitrogens with two attached hydrogens (primary N) is 1. The normalized spacial score (nSPS) is 12.8. The highest BCUT2D eigenvalue weighted by Gasteiger charge is 2.05. The van der Waals surface area contributed by atoms with Gasteiger partial charge in [0.2, 0.25) is 0 Å². The molecule has 0 fully saturated rings. The van der Waals surface area contributed by atoms with Gasteiger partial charge >= 0.3 is 0 Å². The van der Waals surface area contributed by atoms with Crippen LogP contribution in [0.5, 0.6) is 0 Å². The second-order valence-electron chi connectivity index (χ2n) is 3.04. The summed E-state index contributed by atoms with van der Waals surface area (Å²) in [6, 6.07) is 4.33. The molecule has 1 unspecified atom stereocenters. The summed E-state index contributed by atoms with van der Waals surface area (Å²) in [6.07, 6.45) is 5.82. The molecule has 0 saturated heterocycles. The first-order chi connectivity index (χ1) is 6.27. The van der Waals surface area contributed by atoms with Gasteiger partial charge in [-0.1, -0.05) is 13.0 Å². The molecule has 0 aliphatic rings. The quantitative estimate of drug-likeness (QED) is 0.749. The van der Waals surface area contributed by atoms with E-state index in [9.17, 15) is 0 Å². The van der Waals surface area contributed by atoms with Crippen LogP contribution in [0.2, 0.25) is 0 Å². The minimum atomic E-state index is 0.259. The molecule has 0 spiro atoms. The summed E-state index contributed by atoms with van der Waals surface area (Å²) in [5.41, 5.74) is 7.16. The van der Waals surface area contributed by atoms with Crippen LogP contribution in [0.25, 0.3) is 0 Å². The molecule has 1 heterocycles. The van der Waals surface area contributed by atoms with Crippen LogP contribution in [0, 0.1) is 0 Å². The monoisotopic (exact) mass is 196 g/mol. The van der Waals surface area contributed by atoms with Crippen molar-refractivity contribution in [2.24, 2.45) is 5.73 Å². The molecule has 1 aromatic rings. The topological polar surface area (TPSA) is 38.9 Å². The van der Waals surface area contributed by atoms with Gasteiger partial charge in [0.05, 0.1) is 5.03 Å². The van der Waals surface area contributed by atoms with E-state index in [2.05, 4.69) is 18.0 Å². The van der Waals surface area contributed by atoms with Gasteiger partial charge in [-0.15, -0.1) is 11.8 Å². The van der Waals surface area contributed by atoms with Gasteiger partial charge < -0.3 is 5.73 Å². The van der Waals surface area contributed by atoms with E-state index in [4.69, 9.17) is 5.73 Å². The van der Waals surface area contributed by atoms with Crippen LogP contribution in [-0.2, 0) is 6.42 Å². The molecular weight excluding hydrogens is 180 g/mol. The van der Waals surface area contributed by atoms with Gasteiger partial charge in [-0.2, -0.15) is 0 Å². The molecule has 1 rings (SSSR count). The highest BCUT2D eigenvalue weighted by Crippen LogP contribution is 2.18. The lowest BCUT2D eigenvalue weighted by molar-refractivity contribution is 0.637. The zero-order valence-electron chi connectivity index (χ0n) is 8.16. The van der Waals surface area contributed by atoms with Gasteiger partial charge in [0.1, 0.15) is 0 Å². The SMILES string of the molecule is CCC(N)Cc1cccnc1SC. The molecule has 0 aliphatic heterocycles. The first-order valence-electron chi connectivity index (χ1n) is 4.51. The largest absolute Gasteiger partial charge is 0.327 e. The van der Waals surface area contributed by atoms with Crippen molar-refractivity contribution < 1.29 is 0 Å². The lowest BCUT2D eigenvalue weighted by Crippen LogP contribution is -2.21. The van der Waals surface area contributed by atoms with Crippen LogP contribution < -0.4 is 5.73 Å². The number of nitrogens with zero attached hydrogens (tertiary/aromatic N) is 1. The number of aromatic nitrogens is 1. The maximum Gasteiger partial charge on any atom is 0.0989 e. The fraction of sp³-hybridized carbons (Fsp3) is 0.500. The fourth-order valence-corrected chi connectivity index (χ4v) is 1.77. The number of hydrogen-bond acceptors (Lipinski definition) is 3. The summed E-state index contributed by atoms with van der Waals surface area (Å²) >= 11 is 1.68. The van der Waals surface area contributed by atoms with E-state index in [0.29, 0.717) is 0 Å². The Balaban J connectivity index is 2.74. The summed E-state index contributed by atoms with van der Waals surface area (Å²) in [7, 11) is 0. The molecule has 3 heteroatoms. The fourth-order valence-electron chi connectivity index (χ4n) is 1.19. The van der Waals surface area contributed by atoms with Gasteiger partial charge in [0.15, 0.2) is 0 Å². The molecule has 1 atom stereocenters. The van der Waals surface area contributed by atoms with E-state index in [1.807, 2.05) is 18.5 Å². The number of hydrogen-bond donors (Lipinski definition) is 1. The Hall–Kier alpha value is -0.540. The first kappa shape index (κ1) is 10.5. The maximum atomic E-state index is 5.89. The zero-order valence-corrected chi connectivity index (χ0v) is 8.97. The molecular formula is C10H16N2S. The maximum absolute atomic E-state index is 5.89. The molecule has 0 aliphatic carbocycles. The average Bonchev–Trinajstić information content (AvgIpc) is 2.18. The summed E-state index contributed by atoms with van der Waals surface area (Å²) in [4.78, 5) is 4.29. The van der Waals surface area contributed by atoms with E-state index >= 15 is 0 Å². The van der Waals surface area contributed by atoms with Crippen LogP contribution in [0.15, 0.2) is 23.4 Å². The van der Waals surface area contributed by atoms with Gasteiger partial charge in [-0.25, -0.2) is 4.98 Å². The van der Waals surface area contributed by atoms with Crippen molar-refractivity contribution in [3.8, 4) is 0 Å². The third kappa shape index (κ3) is 3.01. The van der Waals surface area contributed by atoms with Crippen molar-refractivity contribution >= 4 is 11.8 Å². The predicted molar refractivity (Wildman–Crippen MR) is 58.0 cm³/mol. The molecule has 0 saturated carbocycles. The van der Waals surface area contributed by atoms with Crippen LogP contribution in [0.3, 0.4) is 0 Å². The summed E-state index contributed by atoms with van der Waals surface area (Å²) in [5.74, 6) is 0. The highest BCUT2D eigenvalue weighted by molar-refractivity contribution is 7.98. The molecule has 0 amide bonds. The minimum absolute atomic E-state index is 0.259. The van der Waals surface area contributed by atoms with Gasteiger partial charge in [-0.3, -0.25) is 0 Å². The van der Waals surface area contributed by atoms with E-state index in [-0.39, 0.29) is 6.04 Å². The molecule has 72 valence electrons. The van der Waals surface area contributed by atoms with Gasteiger partial charge in [-0.05, 0) is 30.7 Å². The average molecular weight is 196 g/mol. The molecule has 2 N–H and O–H groups in total. The third-order valence-electron chi connectivity index (χ3n) is 2.05. The second kappa shape index (κ2) is 5.25. The Labute approximate surface area is 83.9 Å². The van der Waals surface area contributed by atoms with Crippen molar-refractivity contribution in [3.05, 3.63) is 23.9 Å². The van der Waals surface area contributed by atoms with Gasteiger partial charge in [0, 0.05) is 12.2 Å². The van der Waals surface area contributed by atoms with E-state index in [0.717, 1.165) is 17.9 Å². The number of pyridine rings is 1. The summed E-state index contributed by atoms with van der Waals surface area (Å²) in [5, 5.41) is 1.10. The van der Waals surface area contributed by atoms with Crippen LogP contribution in [0.1, 0.15) is 18.9 Å². The van der Waals surface area contributed by atoms with E-state index in [1.54, 1.807) is 11.8 Å². The Morgan fingerprint density at radius 3 is 3.00 bits per heavy atom. The Kier molecular flexibility index (Phi) is 4.25. The van der Waals surface area contributed by atoms with Gasteiger partial charge in [0.25, 0.3) is 0 Å². The molecule has 13 heavy (non-hydrogen) atoms. The second-order valence-corrected chi connectivity index (χ2v) is 3.84. The first-order valence-corrected chi connectivity index (χ1v) is 5.73. The molecule has 0 bridgehead atoms. The standard InChI is InChI=1S/C10H16N2S/c1-3-9(11)7-8-5-4-6-12-10(8)13-2/h4-6,9H,3,7,11H2,1-2H3. The molecule has 1 aromatic heterocycles. The Bertz CT molecular complexity index is 263. The third-order valence-corrected chi connectivity index (χ3v) is 2.80. The number of thioether (sulfide) groups is 1. The summed E-state index contributed by atoms with van der Waals surface area (Å²) < 4.78 is 0. The van der Waals surface area contributed by atoms with E-state index in [1.165, 1.54) is 5.56 Å². The van der Waals surface area contributed by atoms with Crippen molar-refractivity contribution in [3.63, 3.8) is 0 Å². The molecule has 0 radical (unpaired) electrons. The van der Waals surface area contributed by atoms with Crippen LogP contribution >= 0.6 is 11.8 Å². The van der Waals surface area contributed by atoms with Crippen molar-refractivity contribution in [2.45, 2.75) is 30.8 Å². The lowest BCUT2D eigenvalue weighted by Gasteiger charge is -2.10. The Morgan fingerprint density at radius 2 is 2.38 bits per heavy atom. The molecule has 0 aromatic carbocycles.